The van der Waals surface area contributed by atoms with Gasteiger partial charge in [0.25, 0.3) is 0 Å². The highest BCUT2D eigenvalue weighted by Crippen LogP contribution is 2.31. The minimum absolute atomic E-state index is 0.119. The summed E-state index contributed by atoms with van der Waals surface area (Å²) in [4.78, 5) is 42.0. The van der Waals surface area contributed by atoms with Gasteiger partial charge in [-0.05, 0) is 64.4 Å². The van der Waals surface area contributed by atoms with Crippen molar-refractivity contribution in [3.63, 3.8) is 0 Å². The first-order valence-corrected chi connectivity index (χ1v) is 12.8. The minimum atomic E-state index is -0.956. The molecule has 4 atom stereocenters. The second kappa shape index (κ2) is 11.4. The lowest BCUT2D eigenvalue weighted by Gasteiger charge is -2.31. The molecular weight excluding hydrogens is 446 g/mol. The molecule has 0 radical (unpaired) electrons. The van der Waals surface area contributed by atoms with Crippen LogP contribution in [0.1, 0.15) is 65.9 Å². The van der Waals surface area contributed by atoms with Gasteiger partial charge in [0.05, 0.1) is 6.04 Å². The average Bonchev–Trinajstić information content (AvgIpc) is 3.12. The van der Waals surface area contributed by atoms with Gasteiger partial charge in [-0.25, -0.2) is 9.59 Å². The molecule has 2 amide bonds. The fraction of sp³-hybridized carbons (Fsp3) is 0.667. The number of hydrogen-bond donors (Lipinski definition) is 2. The molecule has 1 unspecified atom stereocenters. The fourth-order valence-electron chi connectivity index (χ4n) is 5.25. The smallest absolute Gasteiger partial charge is 0.407 e. The molecule has 1 aromatic carbocycles. The average molecular weight is 488 g/mol. The van der Waals surface area contributed by atoms with Gasteiger partial charge in [-0.3, -0.25) is 9.69 Å². The second-order valence-corrected chi connectivity index (χ2v) is 11.3. The number of aliphatic carboxylic acids is 1. The van der Waals surface area contributed by atoms with E-state index in [2.05, 4.69) is 22.3 Å². The van der Waals surface area contributed by atoms with Crippen LogP contribution in [-0.4, -0.2) is 75.7 Å². The van der Waals surface area contributed by atoms with E-state index in [1.807, 2.05) is 52.8 Å². The van der Waals surface area contributed by atoms with Crippen LogP contribution in [0.15, 0.2) is 30.3 Å². The topological polar surface area (TPSA) is 99.2 Å². The number of carbonyl (C=O) groups is 3. The maximum Gasteiger partial charge on any atom is 0.407 e. The molecule has 3 rings (SSSR count). The Balaban J connectivity index is 1.80. The van der Waals surface area contributed by atoms with Crippen LogP contribution < -0.4 is 5.32 Å². The van der Waals surface area contributed by atoms with Crippen LogP contribution in [0.5, 0.6) is 0 Å². The molecule has 8 heteroatoms. The lowest BCUT2D eigenvalue weighted by molar-refractivity contribution is -0.152. The highest BCUT2D eigenvalue weighted by Gasteiger charge is 2.47. The van der Waals surface area contributed by atoms with Crippen molar-refractivity contribution in [2.75, 3.05) is 13.1 Å². The first-order chi connectivity index (χ1) is 16.4. The lowest BCUT2D eigenvalue weighted by Crippen LogP contribution is -2.51. The number of nitrogens with one attached hydrogen (secondary N) is 1. The van der Waals surface area contributed by atoms with E-state index in [9.17, 15) is 19.5 Å². The van der Waals surface area contributed by atoms with Crippen LogP contribution in [0.4, 0.5) is 4.79 Å². The van der Waals surface area contributed by atoms with Gasteiger partial charge in [0.2, 0.25) is 5.91 Å². The quantitative estimate of drug-likeness (QED) is 0.580. The van der Waals surface area contributed by atoms with E-state index < -0.39 is 29.7 Å². The molecule has 0 aliphatic carbocycles. The zero-order chi connectivity index (χ0) is 25.8. The number of carboxylic acid groups (broad SMARTS) is 1. The summed E-state index contributed by atoms with van der Waals surface area (Å²) < 4.78 is 5.43. The van der Waals surface area contributed by atoms with Crippen molar-refractivity contribution in [3.8, 4) is 0 Å². The molecule has 2 saturated heterocycles. The first kappa shape index (κ1) is 27.0. The van der Waals surface area contributed by atoms with Crippen molar-refractivity contribution < 1.29 is 24.2 Å². The third-order valence-electron chi connectivity index (χ3n) is 6.77. The van der Waals surface area contributed by atoms with E-state index in [-0.39, 0.29) is 23.9 Å². The number of carboxylic acids is 1. The molecule has 0 spiro atoms. The molecule has 0 saturated carbocycles. The molecule has 8 nitrogen and oxygen atoms in total. The van der Waals surface area contributed by atoms with E-state index in [0.717, 1.165) is 12.8 Å². The number of alkyl carbamates (subject to hydrolysis) is 1. The second-order valence-electron chi connectivity index (χ2n) is 11.3. The summed E-state index contributed by atoms with van der Waals surface area (Å²) in [5, 5.41) is 12.9. The number of carbonyl (C=O) groups excluding carboxylic acids is 2. The predicted molar refractivity (Wildman–Crippen MR) is 134 cm³/mol. The lowest BCUT2D eigenvalue weighted by atomic mass is 10.00. The van der Waals surface area contributed by atoms with Gasteiger partial charge in [-0.1, -0.05) is 44.2 Å². The molecule has 35 heavy (non-hydrogen) atoms. The number of amides is 2. The Hall–Kier alpha value is -2.61. The largest absolute Gasteiger partial charge is 0.480 e. The van der Waals surface area contributed by atoms with Crippen molar-refractivity contribution >= 4 is 18.0 Å². The molecule has 0 aromatic heterocycles. The summed E-state index contributed by atoms with van der Waals surface area (Å²) in [6.07, 6.45) is 2.82. The van der Waals surface area contributed by atoms with Crippen molar-refractivity contribution in [1.29, 1.82) is 0 Å². The Kier molecular flexibility index (Phi) is 8.80. The maximum atomic E-state index is 13.7. The van der Waals surface area contributed by atoms with Gasteiger partial charge in [-0.15, -0.1) is 0 Å². The summed E-state index contributed by atoms with van der Waals surface area (Å²) in [6, 6.07) is 8.85. The van der Waals surface area contributed by atoms with Gasteiger partial charge < -0.3 is 20.1 Å². The van der Waals surface area contributed by atoms with E-state index in [0.29, 0.717) is 32.4 Å². The van der Waals surface area contributed by atoms with Gasteiger partial charge in [-0.2, -0.15) is 0 Å². The predicted octanol–water partition coefficient (Wildman–Crippen LogP) is 3.69. The number of hydrogen-bond acceptors (Lipinski definition) is 5. The molecule has 194 valence electrons. The number of rotatable bonds is 8. The Morgan fingerprint density at radius 3 is 2.49 bits per heavy atom. The Bertz CT molecular complexity index is 883. The zero-order valence-electron chi connectivity index (χ0n) is 21.7. The van der Waals surface area contributed by atoms with Crippen molar-refractivity contribution in [2.24, 2.45) is 5.92 Å². The summed E-state index contributed by atoms with van der Waals surface area (Å²) >= 11 is 0. The molecule has 2 heterocycles. The number of benzene rings is 1. The normalized spacial score (nSPS) is 24.1. The highest BCUT2D eigenvalue weighted by molar-refractivity contribution is 5.87. The van der Waals surface area contributed by atoms with Crippen LogP contribution in [0.25, 0.3) is 0 Å². The Morgan fingerprint density at radius 1 is 1.20 bits per heavy atom. The van der Waals surface area contributed by atoms with Gasteiger partial charge in [0.1, 0.15) is 11.6 Å². The molecular formula is C27H41N3O5. The van der Waals surface area contributed by atoms with Gasteiger partial charge in [0, 0.05) is 25.2 Å². The zero-order valence-corrected chi connectivity index (χ0v) is 21.7. The first-order valence-electron chi connectivity index (χ1n) is 12.8. The fourth-order valence-corrected chi connectivity index (χ4v) is 5.25. The standard InChI is InChI=1S/C27H41N3O5/c1-18(2)15-23(25(32)33)29-14-13-21(12-11-19-9-7-6-8-10-19)30-17-20(16-22(30)24(29)31)28-26(34)35-27(3,4)5/h6-10,18,20-23H,11-17H2,1-5H3,(H,28,34)(H,32,33)/t20-,21?,22+,23-/m1/s1. The minimum Gasteiger partial charge on any atom is -0.480 e. The van der Waals surface area contributed by atoms with E-state index in [1.165, 1.54) is 5.56 Å². The third-order valence-corrected chi connectivity index (χ3v) is 6.77. The summed E-state index contributed by atoms with van der Waals surface area (Å²) in [5.41, 5.74) is 0.631. The molecule has 1 aromatic rings. The molecule has 2 aliphatic heterocycles. The van der Waals surface area contributed by atoms with Crippen LogP contribution in [0, 0.1) is 5.92 Å². The monoisotopic (exact) mass is 487 g/mol. The number of fused-ring (bicyclic) bond motifs is 1. The maximum absolute atomic E-state index is 13.7. The van der Waals surface area contributed by atoms with Crippen LogP contribution in [-0.2, 0) is 20.7 Å². The van der Waals surface area contributed by atoms with Gasteiger partial charge >= 0.3 is 12.1 Å². The summed E-state index contributed by atoms with van der Waals surface area (Å²) in [6.45, 7) is 10.4. The van der Waals surface area contributed by atoms with E-state index in [4.69, 9.17) is 4.74 Å². The molecule has 0 bridgehead atoms. The number of ether oxygens (including phenoxy) is 1. The number of aryl methyl sites for hydroxylation is 1. The van der Waals surface area contributed by atoms with Crippen molar-refractivity contribution in [3.05, 3.63) is 35.9 Å². The van der Waals surface area contributed by atoms with Crippen LogP contribution >= 0.6 is 0 Å². The van der Waals surface area contributed by atoms with Crippen molar-refractivity contribution in [1.82, 2.24) is 15.1 Å². The molecule has 2 N–H and O–H groups in total. The Labute approximate surface area is 209 Å². The van der Waals surface area contributed by atoms with Crippen LogP contribution in [0.3, 0.4) is 0 Å². The Morgan fingerprint density at radius 2 is 1.89 bits per heavy atom. The SMILES string of the molecule is CC(C)C[C@H](C(=O)O)N1CCC(CCc2ccccc2)N2C[C@H](NC(=O)OC(C)(C)C)C[C@H]2C1=O. The van der Waals surface area contributed by atoms with Crippen LogP contribution in [0.2, 0.25) is 0 Å². The molecule has 2 aliphatic rings. The third kappa shape index (κ3) is 7.43. The summed E-state index contributed by atoms with van der Waals surface area (Å²) in [7, 11) is 0. The van der Waals surface area contributed by atoms with Crippen molar-refractivity contribution in [2.45, 2.75) is 96.5 Å². The summed E-state index contributed by atoms with van der Waals surface area (Å²) in [5.74, 6) is -0.946. The number of nitrogens with zero attached hydrogens (tertiary/aromatic N) is 2. The van der Waals surface area contributed by atoms with Gasteiger partial charge in [0.15, 0.2) is 0 Å². The van der Waals surface area contributed by atoms with E-state index in [1.54, 1.807) is 4.90 Å². The molecule has 2 fully saturated rings. The van der Waals surface area contributed by atoms with E-state index >= 15 is 0 Å². The highest BCUT2D eigenvalue weighted by atomic mass is 16.6.